The minimum atomic E-state index is 0.146. The number of fused-ring (bicyclic) bond motifs is 5. The van der Waals surface area contributed by atoms with Crippen LogP contribution < -0.4 is 0 Å². The van der Waals surface area contributed by atoms with Crippen molar-refractivity contribution in [2.24, 2.45) is 0 Å². The maximum atomic E-state index is 11.1. The van der Waals surface area contributed by atoms with Gasteiger partial charge in [0, 0.05) is 38.5 Å². The van der Waals surface area contributed by atoms with Crippen molar-refractivity contribution >= 4 is 43.7 Å². The molecule has 7 aromatic carbocycles. The minimum absolute atomic E-state index is 0.146. The molecule has 0 fully saturated rings. The SMILES string of the molecule is Oc1cccc2c(-c3ccccc3)cc(-c3cccc4c3nc(-c3cccc5c3[nH]c3ccccc35)n4-c3cccc(-c4ccccc4)c3)nc12. The van der Waals surface area contributed by atoms with Gasteiger partial charge < -0.3 is 10.1 Å². The number of H-pyrrole nitrogens is 1. The molecule has 3 aromatic heterocycles. The molecule has 5 nitrogen and oxygen atoms in total. The van der Waals surface area contributed by atoms with Crippen LogP contribution in [0.3, 0.4) is 0 Å². The van der Waals surface area contributed by atoms with E-state index in [4.69, 9.17) is 9.97 Å². The number of nitrogens with zero attached hydrogens (tertiary/aromatic N) is 3. The molecule has 0 saturated carbocycles. The van der Waals surface area contributed by atoms with Gasteiger partial charge in [-0.3, -0.25) is 4.57 Å². The average molecular weight is 655 g/mol. The van der Waals surface area contributed by atoms with E-state index >= 15 is 0 Å². The van der Waals surface area contributed by atoms with Gasteiger partial charge in [0.15, 0.2) is 0 Å². The smallest absolute Gasteiger partial charge is 0.147 e. The third-order valence-electron chi connectivity index (χ3n) is 9.86. The van der Waals surface area contributed by atoms with Crippen molar-refractivity contribution in [3.63, 3.8) is 0 Å². The van der Waals surface area contributed by atoms with E-state index in [0.29, 0.717) is 5.52 Å². The van der Waals surface area contributed by atoms with Crippen molar-refractivity contribution in [2.75, 3.05) is 0 Å². The van der Waals surface area contributed by atoms with Crippen LogP contribution in [0.5, 0.6) is 5.75 Å². The summed E-state index contributed by atoms with van der Waals surface area (Å²) in [5.41, 5.74) is 12.4. The van der Waals surface area contributed by atoms with Crippen LogP contribution in [0.2, 0.25) is 0 Å². The summed E-state index contributed by atoms with van der Waals surface area (Å²) in [4.78, 5) is 14.3. The lowest BCUT2D eigenvalue weighted by molar-refractivity contribution is 0.480. The molecule has 0 saturated heterocycles. The van der Waals surface area contributed by atoms with Crippen LogP contribution in [0.4, 0.5) is 0 Å². The molecule has 3 heterocycles. The van der Waals surface area contributed by atoms with Crippen LogP contribution in [0.25, 0.3) is 94.3 Å². The van der Waals surface area contributed by atoms with Crippen LogP contribution in [-0.2, 0) is 0 Å². The molecular formula is C46H30N4O. The summed E-state index contributed by atoms with van der Waals surface area (Å²) in [5.74, 6) is 0.972. The van der Waals surface area contributed by atoms with Crippen molar-refractivity contribution in [2.45, 2.75) is 0 Å². The Labute approximate surface area is 293 Å². The number of benzene rings is 7. The van der Waals surface area contributed by atoms with Gasteiger partial charge in [-0.05, 0) is 64.7 Å². The van der Waals surface area contributed by atoms with E-state index in [1.54, 1.807) is 6.07 Å². The number of aromatic hydroxyl groups is 1. The first-order valence-electron chi connectivity index (χ1n) is 17.1. The molecule has 0 aliphatic rings. The molecule has 0 aliphatic heterocycles. The lowest BCUT2D eigenvalue weighted by Gasteiger charge is -2.13. The van der Waals surface area contributed by atoms with Crippen LogP contribution >= 0.6 is 0 Å². The second-order valence-corrected chi connectivity index (χ2v) is 12.9. The summed E-state index contributed by atoms with van der Waals surface area (Å²) in [6.45, 7) is 0. The highest BCUT2D eigenvalue weighted by Gasteiger charge is 2.22. The molecule has 5 heteroatoms. The van der Waals surface area contributed by atoms with Crippen LogP contribution in [0.15, 0.2) is 170 Å². The number of hydrogen-bond donors (Lipinski definition) is 2. The van der Waals surface area contributed by atoms with Crippen LogP contribution in [0.1, 0.15) is 0 Å². The van der Waals surface area contributed by atoms with Crippen LogP contribution in [0, 0.1) is 0 Å². The Morgan fingerprint density at radius 2 is 1.14 bits per heavy atom. The summed E-state index contributed by atoms with van der Waals surface area (Å²) < 4.78 is 2.27. The van der Waals surface area contributed by atoms with Gasteiger partial charge in [-0.25, -0.2) is 9.97 Å². The second kappa shape index (κ2) is 11.6. The first-order chi connectivity index (χ1) is 25.2. The summed E-state index contributed by atoms with van der Waals surface area (Å²) in [5, 5.41) is 14.3. The number of rotatable bonds is 5. The number of phenolic OH excluding ortho intramolecular Hbond substituents is 1. The molecule has 0 unspecified atom stereocenters. The molecule has 0 bridgehead atoms. The minimum Gasteiger partial charge on any atom is -0.506 e. The molecular weight excluding hydrogens is 625 g/mol. The molecule has 240 valence electrons. The Kier molecular flexibility index (Phi) is 6.58. The van der Waals surface area contributed by atoms with E-state index in [9.17, 15) is 5.11 Å². The van der Waals surface area contributed by atoms with Crippen molar-refractivity contribution < 1.29 is 5.11 Å². The van der Waals surface area contributed by atoms with Gasteiger partial charge in [-0.15, -0.1) is 0 Å². The highest BCUT2D eigenvalue weighted by atomic mass is 16.3. The largest absolute Gasteiger partial charge is 0.506 e. The first-order valence-corrected chi connectivity index (χ1v) is 17.1. The zero-order valence-electron chi connectivity index (χ0n) is 27.5. The van der Waals surface area contributed by atoms with Crippen molar-refractivity contribution in [1.82, 2.24) is 19.5 Å². The van der Waals surface area contributed by atoms with Crippen LogP contribution in [-0.4, -0.2) is 24.6 Å². The monoisotopic (exact) mass is 654 g/mol. The quantitative estimate of drug-likeness (QED) is 0.194. The lowest BCUT2D eigenvalue weighted by Crippen LogP contribution is -1.98. The number of aromatic amines is 1. The molecule has 10 rings (SSSR count). The summed E-state index contributed by atoms with van der Waals surface area (Å²) >= 11 is 0. The van der Waals surface area contributed by atoms with Gasteiger partial charge in [-0.1, -0.05) is 127 Å². The first kappa shape index (κ1) is 29.0. The summed E-state index contributed by atoms with van der Waals surface area (Å²) in [6, 6.07) is 58.2. The van der Waals surface area contributed by atoms with E-state index in [1.807, 2.05) is 36.4 Å². The zero-order valence-corrected chi connectivity index (χ0v) is 27.5. The van der Waals surface area contributed by atoms with Crippen molar-refractivity contribution in [1.29, 1.82) is 0 Å². The van der Waals surface area contributed by atoms with Gasteiger partial charge >= 0.3 is 0 Å². The van der Waals surface area contributed by atoms with E-state index in [-0.39, 0.29) is 5.75 Å². The highest BCUT2D eigenvalue weighted by molar-refractivity contribution is 6.12. The van der Waals surface area contributed by atoms with E-state index in [0.717, 1.165) is 83.4 Å². The number of hydrogen-bond acceptors (Lipinski definition) is 3. The molecule has 0 radical (unpaired) electrons. The molecule has 51 heavy (non-hydrogen) atoms. The fourth-order valence-corrected chi connectivity index (χ4v) is 7.49. The maximum absolute atomic E-state index is 11.1. The Morgan fingerprint density at radius 3 is 2.00 bits per heavy atom. The average Bonchev–Trinajstić information content (AvgIpc) is 3.78. The highest BCUT2D eigenvalue weighted by Crippen LogP contribution is 2.41. The third kappa shape index (κ3) is 4.71. The number of aromatic nitrogens is 4. The molecule has 0 amide bonds. The predicted molar refractivity (Wildman–Crippen MR) is 209 cm³/mol. The number of nitrogens with one attached hydrogen (secondary N) is 1. The normalized spacial score (nSPS) is 11.6. The fourth-order valence-electron chi connectivity index (χ4n) is 7.49. The van der Waals surface area contributed by atoms with Gasteiger partial charge in [0.05, 0.1) is 22.2 Å². The van der Waals surface area contributed by atoms with Gasteiger partial charge in [0.25, 0.3) is 0 Å². The Hall–Kier alpha value is -6.98. The topological polar surface area (TPSA) is 66.7 Å². The predicted octanol–water partition coefficient (Wildman–Crippen LogP) is 11.6. The van der Waals surface area contributed by atoms with E-state index < -0.39 is 0 Å². The summed E-state index contributed by atoms with van der Waals surface area (Å²) in [6.07, 6.45) is 0. The Balaban J connectivity index is 1.28. The Bertz CT molecular complexity index is 2920. The standard InChI is InChI=1S/C46H30N4O/c51-42-26-12-21-35-38(30-15-5-2-6-16-30)28-40(48-45(35)42)36-22-11-25-41-44(36)49-46(37-23-10-20-34-33-19-7-8-24-39(33)47-43(34)37)50(41)32-18-9-17-31(27-32)29-13-3-1-4-14-29/h1-28,47,51H. The molecule has 0 aliphatic carbocycles. The van der Waals surface area contributed by atoms with Gasteiger partial charge in [-0.2, -0.15) is 0 Å². The van der Waals surface area contributed by atoms with Gasteiger partial charge in [0.1, 0.15) is 17.1 Å². The molecule has 0 spiro atoms. The number of pyridine rings is 1. The summed E-state index contributed by atoms with van der Waals surface area (Å²) in [7, 11) is 0. The molecule has 10 aromatic rings. The number of phenols is 1. The fraction of sp³-hybridized carbons (Fsp3) is 0. The number of para-hydroxylation sites is 4. The number of imidazole rings is 1. The zero-order chi connectivity index (χ0) is 33.9. The van der Waals surface area contributed by atoms with Gasteiger partial charge in [0.2, 0.25) is 0 Å². The third-order valence-corrected chi connectivity index (χ3v) is 9.86. The van der Waals surface area contributed by atoms with Crippen molar-refractivity contribution in [3.05, 3.63) is 170 Å². The second-order valence-electron chi connectivity index (χ2n) is 12.9. The lowest BCUT2D eigenvalue weighted by atomic mass is 9.97. The van der Waals surface area contributed by atoms with Crippen molar-refractivity contribution in [3.8, 4) is 56.3 Å². The van der Waals surface area contributed by atoms with E-state index in [1.165, 1.54) is 5.39 Å². The molecule has 2 N–H and O–H groups in total. The van der Waals surface area contributed by atoms with E-state index in [2.05, 4.69) is 137 Å². The maximum Gasteiger partial charge on any atom is 0.147 e. The molecule has 0 atom stereocenters. The Morgan fingerprint density at radius 1 is 0.471 bits per heavy atom.